The van der Waals surface area contributed by atoms with Crippen molar-refractivity contribution in [1.82, 2.24) is 0 Å². The lowest BCUT2D eigenvalue weighted by Gasteiger charge is -2.18. The van der Waals surface area contributed by atoms with E-state index in [2.05, 4.69) is 27.7 Å². The Bertz CT molecular complexity index is 109. The molecule has 0 spiro atoms. The summed E-state index contributed by atoms with van der Waals surface area (Å²) in [5, 5.41) is 0. The first kappa shape index (κ1) is 15.0. The molecule has 1 fully saturated rings. The molecule has 0 aliphatic heterocycles. The molecule has 0 radical (unpaired) electrons. The van der Waals surface area contributed by atoms with Gasteiger partial charge in [0.15, 0.2) is 0 Å². The van der Waals surface area contributed by atoms with Crippen LogP contribution in [-0.4, -0.2) is 0 Å². The van der Waals surface area contributed by atoms with Gasteiger partial charge in [-0.2, -0.15) is 0 Å². The molecule has 1 saturated carbocycles. The third kappa shape index (κ3) is 10.3. The van der Waals surface area contributed by atoms with Gasteiger partial charge in [-0.1, -0.05) is 85.5 Å². The molecule has 0 aromatic rings. The van der Waals surface area contributed by atoms with Gasteiger partial charge in [0, 0.05) is 0 Å². The van der Waals surface area contributed by atoms with Crippen molar-refractivity contribution in [2.75, 3.05) is 0 Å². The molecule has 0 atom stereocenters. The highest BCUT2D eigenvalue weighted by Crippen LogP contribution is 2.25. The largest absolute Gasteiger partial charge is 0.0654 e. The predicted molar refractivity (Wildman–Crippen MR) is 71.2 cm³/mol. The van der Waals surface area contributed by atoms with E-state index in [9.17, 15) is 0 Å². The second kappa shape index (κ2) is 10.5. The summed E-state index contributed by atoms with van der Waals surface area (Å²) in [5.74, 6) is 1.99. The topological polar surface area (TPSA) is 0 Å². The molecule has 1 rings (SSSR count). The fourth-order valence-electron chi connectivity index (χ4n) is 2.21. The Labute approximate surface area is 97.8 Å². The van der Waals surface area contributed by atoms with Crippen molar-refractivity contribution in [1.29, 1.82) is 0 Å². The van der Waals surface area contributed by atoms with Gasteiger partial charge in [-0.15, -0.1) is 0 Å². The summed E-state index contributed by atoms with van der Waals surface area (Å²) in [6.07, 6.45) is 13.1. The van der Waals surface area contributed by atoms with E-state index in [0.29, 0.717) is 0 Å². The maximum Gasteiger partial charge on any atom is -0.0417 e. The third-order valence-electron chi connectivity index (χ3n) is 3.44. The SMILES string of the molecule is CCC1CCCCC1.CCCCC(C)C. The number of rotatable bonds is 4. The summed E-state index contributed by atoms with van der Waals surface area (Å²) in [6, 6.07) is 0. The summed E-state index contributed by atoms with van der Waals surface area (Å²) in [5.41, 5.74) is 0. The van der Waals surface area contributed by atoms with Gasteiger partial charge in [-0.3, -0.25) is 0 Å². The summed E-state index contributed by atoms with van der Waals surface area (Å²) >= 11 is 0. The van der Waals surface area contributed by atoms with Crippen LogP contribution in [0.15, 0.2) is 0 Å². The monoisotopic (exact) mass is 212 g/mol. The van der Waals surface area contributed by atoms with Crippen molar-refractivity contribution in [3.63, 3.8) is 0 Å². The minimum Gasteiger partial charge on any atom is -0.0654 e. The molecule has 0 nitrogen and oxygen atoms in total. The van der Waals surface area contributed by atoms with Crippen LogP contribution in [0.4, 0.5) is 0 Å². The van der Waals surface area contributed by atoms with Crippen LogP contribution in [0.5, 0.6) is 0 Å². The molecule has 0 bridgehead atoms. The van der Waals surface area contributed by atoms with Crippen molar-refractivity contribution in [2.24, 2.45) is 11.8 Å². The highest BCUT2D eigenvalue weighted by atomic mass is 14.2. The molecular weight excluding hydrogens is 180 g/mol. The Morgan fingerprint density at radius 3 is 1.87 bits per heavy atom. The van der Waals surface area contributed by atoms with Crippen LogP contribution >= 0.6 is 0 Å². The molecule has 1 aliphatic carbocycles. The van der Waals surface area contributed by atoms with Gasteiger partial charge >= 0.3 is 0 Å². The van der Waals surface area contributed by atoms with Crippen LogP contribution in [-0.2, 0) is 0 Å². The molecule has 0 heterocycles. The zero-order chi connectivity index (χ0) is 11.5. The zero-order valence-corrected chi connectivity index (χ0v) is 11.5. The molecule has 0 heteroatoms. The minimum absolute atomic E-state index is 0.903. The Hall–Kier alpha value is 0. The lowest BCUT2D eigenvalue weighted by atomic mass is 9.88. The number of hydrogen-bond donors (Lipinski definition) is 0. The first-order valence-electron chi connectivity index (χ1n) is 7.20. The second-order valence-electron chi connectivity index (χ2n) is 5.45. The van der Waals surface area contributed by atoms with Gasteiger partial charge in [0.05, 0.1) is 0 Å². The maximum absolute atomic E-state index is 2.32. The van der Waals surface area contributed by atoms with Crippen molar-refractivity contribution in [3.05, 3.63) is 0 Å². The fourth-order valence-corrected chi connectivity index (χ4v) is 2.21. The lowest BCUT2D eigenvalue weighted by molar-refractivity contribution is 0.349. The quantitative estimate of drug-likeness (QED) is 0.551. The Morgan fingerprint density at radius 1 is 1.00 bits per heavy atom. The average Bonchev–Trinajstić information content (AvgIpc) is 2.28. The van der Waals surface area contributed by atoms with Gasteiger partial charge in [0.1, 0.15) is 0 Å². The summed E-state index contributed by atoms with van der Waals surface area (Å²) < 4.78 is 0. The smallest absolute Gasteiger partial charge is 0.0417 e. The number of hydrogen-bond acceptors (Lipinski definition) is 0. The standard InChI is InChI=1S/C8H16.C7H16/c1-2-8-6-4-3-5-7-8;1-4-5-6-7(2)3/h8H,2-7H2,1H3;7H,4-6H2,1-3H3. The van der Waals surface area contributed by atoms with E-state index in [1.54, 1.807) is 0 Å². The first-order chi connectivity index (χ1) is 7.20. The van der Waals surface area contributed by atoms with Crippen LogP contribution in [0.1, 0.15) is 85.5 Å². The predicted octanol–water partition coefficient (Wildman–Crippen LogP) is 5.81. The minimum atomic E-state index is 0.903. The maximum atomic E-state index is 2.32. The van der Waals surface area contributed by atoms with Gasteiger partial charge < -0.3 is 0 Å². The van der Waals surface area contributed by atoms with Gasteiger partial charge in [-0.25, -0.2) is 0 Å². The van der Waals surface area contributed by atoms with Crippen LogP contribution in [0.25, 0.3) is 0 Å². The van der Waals surface area contributed by atoms with Gasteiger partial charge in [0.25, 0.3) is 0 Å². The van der Waals surface area contributed by atoms with Crippen molar-refractivity contribution < 1.29 is 0 Å². The molecule has 0 unspecified atom stereocenters. The second-order valence-corrected chi connectivity index (χ2v) is 5.45. The van der Waals surface area contributed by atoms with Crippen LogP contribution in [0, 0.1) is 11.8 Å². The summed E-state index contributed by atoms with van der Waals surface area (Å²) in [7, 11) is 0. The summed E-state index contributed by atoms with van der Waals surface area (Å²) in [4.78, 5) is 0. The third-order valence-corrected chi connectivity index (χ3v) is 3.44. The normalized spacial score (nSPS) is 17.4. The van der Waals surface area contributed by atoms with E-state index in [4.69, 9.17) is 0 Å². The van der Waals surface area contributed by atoms with Crippen LogP contribution in [0.2, 0.25) is 0 Å². The molecule has 1 aliphatic rings. The molecular formula is C15H32. The van der Waals surface area contributed by atoms with Crippen molar-refractivity contribution >= 4 is 0 Å². The molecule has 0 N–H and O–H groups in total. The zero-order valence-electron chi connectivity index (χ0n) is 11.5. The molecule has 0 amide bonds. The van der Waals surface area contributed by atoms with Gasteiger partial charge in [-0.05, 0) is 11.8 Å². The van der Waals surface area contributed by atoms with E-state index in [-0.39, 0.29) is 0 Å². The van der Waals surface area contributed by atoms with E-state index < -0.39 is 0 Å². The summed E-state index contributed by atoms with van der Waals surface area (Å²) in [6.45, 7) is 9.10. The molecule has 0 aromatic carbocycles. The Kier molecular flexibility index (Phi) is 10.5. The van der Waals surface area contributed by atoms with E-state index in [1.807, 2.05) is 0 Å². The van der Waals surface area contributed by atoms with Gasteiger partial charge in [0.2, 0.25) is 0 Å². The fraction of sp³-hybridized carbons (Fsp3) is 1.00. The first-order valence-corrected chi connectivity index (χ1v) is 7.20. The Morgan fingerprint density at radius 2 is 1.60 bits per heavy atom. The van der Waals surface area contributed by atoms with E-state index >= 15 is 0 Å². The Balaban J connectivity index is 0.000000265. The van der Waals surface area contributed by atoms with Crippen molar-refractivity contribution in [2.45, 2.75) is 85.5 Å². The molecule has 0 aromatic heterocycles. The van der Waals surface area contributed by atoms with Crippen LogP contribution < -0.4 is 0 Å². The highest BCUT2D eigenvalue weighted by molar-refractivity contribution is 4.63. The molecule has 15 heavy (non-hydrogen) atoms. The van der Waals surface area contributed by atoms with Crippen molar-refractivity contribution in [3.8, 4) is 0 Å². The molecule has 0 saturated heterocycles. The van der Waals surface area contributed by atoms with E-state index in [1.165, 1.54) is 57.8 Å². The highest BCUT2D eigenvalue weighted by Gasteiger charge is 2.09. The van der Waals surface area contributed by atoms with E-state index in [0.717, 1.165) is 11.8 Å². The molecule has 92 valence electrons. The number of unbranched alkanes of at least 4 members (excludes halogenated alkanes) is 1. The van der Waals surface area contributed by atoms with Crippen LogP contribution in [0.3, 0.4) is 0 Å². The average molecular weight is 212 g/mol. The lowest BCUT2D eigenvalue weighted by Crippen LogP contribution is -2.03.